The van der Waals surface area contributed by atoms with Gasteiger partial charge >= 0.3 is 0 Å². The van der Waals surface area contributed by atoms with Crippen LogP contribution in [0.3, 0.4) is 0 Å². The monoisotopic (exact) mass is 528 g/mol. The molecule has 0 spiro atoms. The standard InChI is InChI=1S/C6H12O.C6H10O.C5H10O2.C5H10O.C4H8O.C4H6O/c2*1-2-3-4-5-6-7;6-4-2-1-3-5-7;1-3-5(2)4-6;2*1-4(2)3-5/h6H,2-5H2,1H3;4-6H,2-3H2,1H3;4,7H,1-3,5H2;4-5H,3H2,1-2H3;3-4H,1-2H3;3H,1H2,2H3/b;5-4+;;;;. The summed E-state index contributed by atoms with van der Waals surface area (Å²) in [6.45, 7) is 17.0. The fourth-order valence-corrected chi connectivity index (χ4v) is 1.23. The Hall–Kier alpha value is -2.54. The summed E-state index contributed by atoms with van der Waals surface area (Å²) >= 11 is 0. The largest absolute Gasteiger partial charge is 0.396 e. The van der Waals surface area contributed by atoms with Crippen molar-refractivity contribution in [1.29, 1.82) is 0 Å². The number of allylic oxidation sites excluding steroid dienone is 3. The second kappa shape index (κ2) is 54.4. The van der Waals surface area contributed by atoms with Gasteiger partial charge in [0.25, 0.3) is 0 Å². The second-order valence-corrected chi connectivity index (χ2v) is 8.27. The van der Waals surface area contributed by atoms with E-state index in [0.29, 0.717) is 12.0 Å². The zero-order valence-electron chi connectivity index (χ0n) is 24.7. The van der Waals surface area contributed by atoms with Crippen LogP contribution in [0.2, 0.25) is 0 Å². The van der Waals surface area contributed by atoms with Gasteiger partial charge in [-0.05, 0) is 50.7 Å². The summed E-state index contributed by atoms with van der Waals surface area (Å²) < 4.78 is 0. The number of hydrogen-bond donors (Lipinski definition) is 1. The molecule has 0 aromatic heterocycles. The first kappa shape index (κ1) is 47.6. The van der Waals surface area contributed by atoms with Crippen LogP contribution in [0.25, 0.3) is 0 Å². The molecule has 1 atom stereocenters. The SMILES string of the molecule is C=C(C)C=O.CC(C)C=O.CCC(C)C=O.CCC/C=C/C=O.CCCCCC=O.O=CCCCCO. The van der Waals surface area contributed by atoms with E-state index < -0.39 is 0 Å². The highest BCUT2D eigenvalue weighted by Crippen LogP contribution is 1.94. The summed E-state index contributed by atoms with van der Waals surface area (Å²) in [4.78, 5) is 57.5. The first-order chi connectivity index (χ1) is 17.6. The molecule has 0 saturated heterocycles. The summed E-state index contributed by atoms with van der Waals surface area (Å²) in [6.07, 6.45) is 18.1. The highest BCUT2D eigenvalue weighted by atomic mass is 16.3. The molecule has 218 valence electrons. The van der Waals surface area contributed by atoms with Gasteiger partial charge in [-0.3, -0.25) is 9.59 Å². The lowest BCUT2D eigenvalue weighted by atomic mass is 10.2. The van der Waals surface area contributed by atoms with Crippen LogP contribution in [-0.4, -0.2) is 49.4 Å². The Morgan fingerprint density at radius 3 is 1.43 bits per heavy atom. The van der Waals surface area contributed by atoms with Crippen LogP contribution in [0.15, 0.2) is 24.3 Å². The minimum Gasteiger partial charge on any atom is -0.396 e. The predicted molar refractivity (Wildman–Crippen MR) is 155 cm³/mol. The van der Waals surface area contributed by atoms with E-state index in [1.807, 2.05) is 33.8 Å². The third-order valence-electron chi connectivity index (χ3n) is 3.68. The number of aliphatic hydroxyl groups excluding tert-OH is 1. The van der Waals surface area contributed by atoms with E-state index in [9.17, 15) is 28.8 Å². The molecular formula is C30H56O7. The van der Waals surface area contributed by atoms with Crippen molar-refractivity contribution in [3.05, 3.63) is 24.3 Å². The van der Waals surface area contributed by atoms with Gasteiger partial charge in [0.2, 0.25) is 0 Å². The first-order valence-corrected chi connectivity index (χ1v) is 13.2. The molecule has 0 aliphatic rings. The van der Waals surface area contributed by atoms with Crippen molar-refractivity contribution in [2.75, 3.05) is 6.61 Å². The Kier molecular flexibility index (Phi) is 70.0. The highest BCUT2D eigenvalue weighted by Gasteiger charge is 1.89. The van der Waals surface area contributed by atoms with Crippen LogP contribution in [-0.2, 0) is 28.8 Å². The average molecular weight is 529 g/mol. The smallest absolute Gasteiger partial charge is 0.145 e. The fourth-order valence-electron chi connectivity index (χ4n) is 1.23. The lowest BCUT2D eigenvalue weighted by Gasteiger charge is -1.89. The molecule has 0 aromatic rings. The number of carbonyl (C=O) groups is 6. The molecule has 7 nitrogen and oxygen atoms in total. The van der Waals surface area contributed by atoms with Gasteiger partial charge in [-0.1, -0.05) is 73.5 Å². The summed E-state index contributed by atoms with van der Waals surface area (Å²) in [5, 5.41) is 8.18. The van der Waals surface area contributed by atoms with Crippen LogP contribution in [0.4, 0.5) is 0 Å². The zero-order valence-corrected chi connectivity index (χ0v) is 24.7. The van der Waals surface area contributed by atoms with Gasteiger partial charge in [-0.2, -0.15) is 0 Å². The summed E-state index contributed by atoms with van der Waals surface area (Å²) in [6, 6.07) is 0. The zero-order chi connectivity index (χ0) is 30.2. The molecule has 0 bridgehead atoms. The molecule has 0 saturated carbocycles. The molecule has 0 fully saturated rings. The molecule has 0 amide bonds. The molecule has 1 unspecified atom stereocenters. The van der Waals surface area contributed by atoms with Crippen molar-refractivity contribution in [1.82, 2.24) is 0 Å². The molecule has 37 heavy (non-hydrogen) atoms. The van der Waals surface area contributed by atoms with Gasteiger partial charge in [0, 0.05) is 31.3 Å². The van der Waals surface area contributed by atoms with Crippen molar-refractivity contribution >= 4 is 37.7 Å². The van der Waals surface area contributed by atoms with Crippen LogP contribution in [0.5, 0.6) is 0 Å². The van der Waals surface area contributed by atoms with Crippen molar-refractivity contribution in [3.8, 4) is 0 Å². The van der Waals surface area contributed by atoms with Crippen molar-refractivity contribution < 1.29 is 33.9 Å². The summed E-state index contributed by atoms with van der Waals surface area (Å²) in [5.41, 5.74) is 0.574. The second-order valence-electron chi connectivity index (χ2n) is 8.27. The Labute approximate surface area is 227 Å². The summed E-state index contributed by atoms with van der Waals surface area (Å²) in [5.74, 6) is 0.458. The fraction of sp³-hybridized carbons (Fsp3) is 0.667. The van der Waals surface area contributed by atoms with Gasteiger partial charge in [0.15, 0.2) is 0 Å². The minimum atomic E-state index is 0.202. The Balaban J connectivity index is -0.0000000784. The number of rotatable bonds is 15. The molecule has 0 rings (SSSR count). The maximum absolute atomic E-state index is 9.74. The molecule has 1 N–H and O–H groups in total. The number of carbonyl (C=O) groups excluding carboxylic acids is 6. The van der Waals surface area contributed by atoms with E-state index in [1.165, 1.54) is 18.9 Å². The van der Waals surface area contributed by atoms with Crippen LogP contribution in [0.1, 0.15) is 113 Å². The third-order valence-corrected chi connectivity index (χ3v) is 3.68. The topological polar surface area (TPSA) is 123 Å². The molecular weight excluding hydrogens is 472 g/mol. The highest BCUT2D eigenvalue weighted by molar-refractivity contribution is 5.70. The Morgan fingerprint density at radius 1 is 0.757 bits per heavy atom. The number of aldehydes is 6. The van der Waals surface area contributed by atoms with Crippen molar-refractivity contribution in [2.45, 2.75) is 113 Å². The molecule has 0 aliphatic heterocycles. The Bertz CT molecular complexity index is 498. The van der Waals surface area contributed by atoms with Gasteiger partial charge in [0.1, 0.15) is 37.7 Å². The number of unbranched alkanes of at least 4 members (excludes halogenated alkanes) is 6. The molecule has 0 heterocycles. The Morgan fingerprint density at radius 2 is 1.22 bits per heavy atom. The molecule has 0 radical (unpaired) electrons. The van der Waals surface area contributed by atoms with E-state index in [4.69, 9.17) is 5.11 Å². The van der Waals surface area contributed by atoms with Crippen LogP contribution < -0.4 is 0 Å². The average Bonchev–Trinajstić information content (AvgIpc) is 2.91. The van der Waals surface area contributed by atoms with Crippen LogP contribution >= 0.6 is 0 Å². The van der Waals surface area contributed by atoms with E-state index in [-0.39, 0.29) is 18.4 Å². The van der Waals surface area contributed by atoms with E-state index in [1.54, 1.807) is 6.92 Å². The number of aliphatic hydroxyl groups is 1. The van der Waals surface area contributed by atoms with E-state index in [0.717, 1.165) is 82.7 Å². The van der Waals surface area contributed by atoms with Gasteiger partial charge in [-0.15, -0.1) is 0 Å². The lowest BCUT2D eigenvalue weighted by Crippen LogP contribution is -1.89. The third kappa shape index (κ3) is 109. The maximum atomic E-state index is 9.74. The molecule has 0 aliphatic carbocycles. The van der Waals surface area contributed by atoms with Crippen molar-refractivity contribution in [3.63, 3.8) is 0 Å². The maximum Gasteiger partial charge on any atom is 0.145 e. The van der Waals surface area contributed by atoms with Crippen molar-refractivity contribution in [2.24, 2.45) is 11.8 Å². The summed E-state index contributed by atoms with van der Waals surface area (Å²) in [7, 11) is 0. The molecule has 0 aromatic carbocycles. The minimum absolute atomic E-state index is 0.202. The first-order valence-electron chi connectivity index (χ1n) is 13.2. The van der Waals surface area contributed by atoms with Gasteiger partial charge in [-0.25, -0.2) is 0 Å². The predicted octanol–water partition coefficient (Wildman–Crippen LogP) is 6.49. The quantitative estimate of drug-likeness (QED) is 0.146. The lowest BCUT2D eigenvalue weighted by molar-refractivity contribution is -0.111. The van der Waals surface area contributed by atoms with E-state index >= 15 is 0 Å². The van der Waals surface area contributed by atoms with Crippen LogP contribution in [0, 0.1) is 11.8 Å². The van der Waals surface area contributed by atoms with Gasteiger partial charge < -0.3 is 24.3 Å². The number of hydrogen-bond acceptors (Lipinski definition) is 7. The van der Waals surface area contributed by atoms with E-state index in [2.05, 4.69) is 20.4 Å². The molecule has 7 heteroatoms. The normalized spacial score (nSPS) is 9.43. The van der Waals surface area contributed by atoms with Gasteiger partial charge in [0.05, 0.1) is 0 Å².